The van der Waals surface area contributed by atoms with Crippen molar-refractivity contribution in [3.05, 3.63) is 42.0 Å². The number of nitrogens with one attached hydrogen (secondary N) is 2. The van der Waals surface area contributed by atoms with Gasteiger partial charge in [-0.15, -0.1) is 0 Å². The first-order valence-corrected chi connectivity index (χ1v) is 7.07. The fraction of sp³-hybridized carbons (Fsp3) is 0.400. The molecule has 6 heteroatoms. The standard InChI is InChI=1S/C15H17N5O/c16-8-11-3-5-17-10-14(11)18-9-12-2-1-7-21-15(12)13-4-6-19-20-13/h3-6,10,12,15,18H,1-2,7,9H2,(H,19,20)/t12-,15+/m0/s1. The van der Waals surface area contributed by atoms with Crippen molar-refractivity contribution in [1.82, 2.24) is 15.2 Å². The highest BCUT2D eigenvalue weighted by molar-refractivity contribution is 5.55. The van der Waals surface area contributed by atoms with E-state index in [0.717, 1.165) is 37.4 Å². The Hall–Kier alpha value is -2.39. The number of aromatic amines is 1. The van der Waals surface area contributed by atoms with E-state index in [1.807, 2.05) is 6.07 Å². The van der Waals surface area contributed by atoms with Gasteiger partial charge in [-0.25, -0.2) is 0 Å². The van der Waals surface area contributed by atoms with Gasteiger partial charge in [0.05, 0.1) is 23.1 Å². The lowest BCUT2D eigenvalue weighted by molar-refractivity contribution is -0.0263. The maximum absolute atomic E-state index is 9.10. The van der Waals surface area contributed by atoms with Crippen molar-refractivity contribution in [2.24, 2.45) is 5.92 Å². The molecule has 0 aliphatic carbocycles. The summed E-state index contributed by atoms with van der Waals surface area (Å²) in [5.74, 6) is 0.339. The second kappa shape index (κ2) is 6.37. The molecule has 2 aromatic rings. The number of H-pyrrole nitrogens is 1. The molecule has 2 atom stereocenters. The van der Waals surface area contributed by atoms with Crippen molar-refractivity contribution in [3.8, 4) is 6.07 Å². The third-order valence-electron chi connectivity index (χ3n) is 3.77. The van der Waals surface area contributed by atoms with Crippen LogP contribution in [0.3, 0.4) is 0 Å². The molecule has 3 rings (SSSR count). The molecule has 2 aromatic heterocycles. The van der Waals surface area contributed by atoms with Gasteiger partial charge in [-0.3, -0.25) is 10.1 Å². The van der Waals surface area contributed by atoms with Crippen LogP contribution in [0, 0.1) is 17.2 Å². The lowest BCUT2D eigenvalue weighted by Gasteiger charge is -2.31. The molecule has 1 fully saturated rings. The minimum atomic E-state index is 0.0240. The largest absolute Gasteiger partial charge is 0.382 e. The van der Waals surface area contributed by atoms with Gasteiger partial charge in [0.25, 0.3) is 0 Å². The average Bonchev–Trinajstić information content (AvgIpc) is 3.08. The van der Waals surface area contributed by atoms with Crippen LogP contribution >= 0.6 is 0 Å². The van der Waals surface area contributed by atoms with Gasteiger partial charge in [-0.2, -0.15) is 10.4 Å². The summed E-state index contributed by atoms with van der Waals surface area (Å²) in [6, 6.07) is 5.84. The lowest BCUT2D eigenvalue weighted by Crippen LogP contribution is -2.28. The summed E-state index contributed by atoms with van der Waals surface area (Å²) >= 11 is 0. The highest BCUT2D eigenvalue weighted by Gasteiger charge is 2.28. The molecule has 2 N–H and O–H groups in total. The van der Waals surface area contributed by atoms with Gasteiger partial charge in [0.1, 0.15) is 12.2 Å². The molecule has 1 aliphatic rings. The number of nitrogens with zero attached hydrogens (tertiary/aromatic N) is 3. The predicted molar refractivity (Wildman–Crippen MR) is 77.4 cm³/mol. The van der Waals surface area contributed by atoms with Crippen LogP contribution in [-0.4, -0.2) is 28.3 Å². The Labute approximate surface area is 123 Å². The van der Waals surface area contributed by atoms with Crippen molar-refractivity contribution in [1.29, 1.82) is 5.26 Å². The summed E-state index contributed by atoms with van der Waals surface area (Å²) < 4.78 is 5.89. The molecule has 0 aromatic carbocycles. The van der Waals surface area contributed by atoms with Crippen LogP contribution < -0.4 is 5.32 Å². The van der Waals surface area contributed by atoms with E-state index in [0.29, 0.717) is 11.5 Å². The van der Waals surface area contributed by atoms with E-state index in [-0.39, 0.29) is 6.10 Å². The van der Waals surface area contributed by atoms with Gasteiger partial charge < -0.3 is 10.1 Å². The minimum absolute atomic E-state index is 0.0240. The molecule has 3 heterocycles. The molecule has 21 heavy (non-hydrogen) atoms. The highest BCUT2D eigenvalue weighted by atomic mass is 16.5. The van der Waals surface area contributed by atoms with E-state index >= 15 is 0 Å². The smallest absolute Gasteiger partial charge is 0.103 e. The fourth-order valence-corrected chi connectivity index (χ4v) is 2.70. The van der Waals surface area contributed by atoms with E-state index in [1.54, 1.807) is 24.7 Å². The zero-order chi connectivity index (χ0) is 14.5. The molecular formula is C15H17N5O. The molecule has 0 bridgehead atoms. The Morgan fingerprint density at radius 1 is 1.43 bits per heavy atom. The van der Waals surface area contributed by atoms with Crippen molar-refractivity contribution in [3.63, 3.8) is 0 Å². The Kier molecular flexibility index (Phi) is 4.12. The summed E-state index contributed by atoms with van der Waals surface area (Å²) in [6.45, 7) is 1.51. The number of pyridine rings is 1. The summed E-state index contributed by atoms with van der Waals surface area (Å²) in [7, 11) is 0. The van der Waals surface area contributed by atoms with Crippen LogP contribution in [0.4, 0.5) is 5.69 Å². The second-order valence-electron chi connectivity index (χ2n) is 5.12. The SMILES string of the molecule is N#Cc1ccncc1NC[C@@H]1CCCO[C@H]1c1ccn[nH]1. The van der Waals surface area contributed by atoms with Crippen LogP contribution in [0.25, 0.3) is 0 Å². The Bertz CT molecular complexity index is 619. The maximum atomic E-state index is 9.10. The first kappa shape index (κ1) is 13.6. The summed E-state index contributed by atoms with van der Waals surface area (Å²) in [6.07, 6.45) is 7.21. The number of hydrogen-bond donors (Lipinski definition) is 2. The van der Waals surface area contributed by atoms with Gasteiger partial charge in [0.15, 0.2) is 0 Å². The van der Waals surface area contributed by atoms with Gasteiger partial charge in [-0.05, 0) is 25.0 Å². The van der Waals surface area contributed by atoms with Crippen molar-refractivity contribution in [2.45, 2.75) is 18.9 Å². The lowest BCUT2D eigenvalue weighted by atomic mass is 9.92. The van der Waals surface area contributed by atoms with E-state index in [9.17, 15) is 0 Å². The number of anilines is 1. The van der Waals surface area contributed by atoms with Crippen molar-refractivity contribution >= 4 is 5.69 Å². The molecular weight excluding hydrogens is 266 g/mol. The Balaban J connectivity index is 1.69. The summed E-state index contributed by atoms with van der Waals surface area (Å²) in [5, 5.41) is 19.4. The van der Waals surface area contributed by atoms with Crippen LogP contribution in [0.5, 0.6) is 0 Å². The number of ether oxygens (including phenoxy) is 1. The Morgan fingerprint density at radius 2 is 2.38 bits per heavy atom. The third kappa shape index (κ3) is 3.03. The number of nitriles is 1. The van der Waals surface area contributed by atoms with Crippen LogP contribution in [0.2, 0.25) is 0 Å². The van der Waals surface area contributed by atoms with Gasteiger partial charge in [-0.1, -0.05) is 0 Å². The maximum Gasteiger partial charge on any atom is 0.103 e. The molecule has 0 radical (unpaired) electrons. The number of aromatic nitrogens is 3. The minimum Gasteiger partial charge on any atom is -0.382 e. The van der Waals surface area contributed by atoms with E-state index < -0.39 is 0 Å². The van der Waals surface area contributed by atoms with Crippen LogP contribution in [0.15, 0.2) is 30.7 Å². The fourth-order valence-electron chi connectivity index (χ4n) is 2.70. The molecule has 6 nitrogen and oxygen atoms in total. The van der Waals surface area contributed by atoms with Gasteiger partial charge in [0, 0.05) is 31.5 Å². The normalized spacial score (nSPS) is 21.7. The van der Waals surface area contributed by atoms with Crippen molar-refractivity contribution < 1.29 is 4.74 Å². The zero-order valence-corrected chi connectivity index (χ0v) is 11.6. The third-order valence-corrected chi connectivity index (χ3v) is 3.77. The highest BCUT2D eigenvalue weighted by Crippen LogP contribution is 2.32. The zero-order valence-electron chi connectivity index (χ0n) is 11.6. The van der Waals surface area contributed by atoms with Crippen LogP contribution in [0.1, 0.15) is 30.2 Å². The summed E-state index contributed by atoms with van der Waals surface area (Å²) in [5.41, 5.74) is 2.39. The molecule has 108 valence electrons. The van der Waals surface area contributed by atoms with E-state index in [2.05, 4.69) is 26.6 Å². The molecule has 0 saturated carbocycles. The van der Waals surface area contributed by atoms with Gasteiger partial charge >= 0.3 is 0 Å². The quantitative estimate of drug-likeness (QED) is 0.898. The Morgan fingerprint density at radius 3 is 3.19 bits per heavy atom. The van der Waals surface area contributed by atoms with Crippen LogP contribution in [-0.2, 0) is 4.74 Å². The predicted octanol–water partition coefficient (Wildman–Crippen LogP) is 2.26. The van der Waals surface area contributed by atoms with E-state index in [4.69, 9.17) is 10.00 Å². The molecule has 0 unspecified atom stereocenters. The molecule has 1 aliphatic heterocycles. The van der Waals surface area contributed by atoms with E-state index in [1.165, 1.54) is 0 Å². The second-order valence-corrected chi connectivity index (χ2v) is 5.12. The molecule has 0 amide bonds. The van der Waals surface area contributed by atoms with Gasteiger partial charge in [0.2, 0.25) is 0 Å². The summed E-state index contributed by atoms with van der Waals surface area (Å²) in [4.78, 5) is 4.06. The molecule has 0 spiro atoms. The topological polar surface area (TPSA) is 86.6 Å². The average molecular weight is 283 g/mol. The first-order chi connectivity index (χ1) is 10.4. The van der Waals surface area contributed by atoms with Crippen molar-refractivity contribution in [2.75, 3.05) is 18.5 Å². The first-order valence-electron chi connectivity index (χ1n) is 7.07. The number of hydrogen-bond acceptors (Lipinski definition) is 5. The number of rotatable bonds is 4. The monoisotopic (exact) mass is 283 g/mol. The molecule has 1 saturated heterocycles.